The van der Waals surface area contributed by atoms with Gasteiger partial charge in [-0.05, 0) is 90.2 Å². The van der Waals surface area contributed by atoms with Crippen LogP contribution in [0.5, 0.6) is 17.2 Å². The van der Waals surface area contributed by atoms with E-state index in [4.69, 9.17) is 37.9 Å². The Labute approximate surface area is 516 Å². The van der Waals surface area contributed by atoms with Crippen molar-refractivity contribution in [2.24, 2.45) is 14.1 Å². The van der Waals surface area contributed by atoms with Crippen molar-refractivity contribution in [1.82, 2.24) is 15.0 Å². The Kier molecular flexibility index (Phi) is 21.9. The molecule has 0 spiro atoms. The molecule has 7 aromatic carbocycles. The predicted molar refractivity (Wildman–Crippen MR) is 327 cm³/mol. The molecule has 0 saturated carbocycles. The molecule has 0 aliphatic heterocycles. The molecule has 27 heteroatoms. The molecular formula is C64H67F12N5O8P2. The first-order valence-electron chi connectivity index (χ1n) is 28.6. The molecule has 0 bridgehead atoms. The number of aryl methyl sites for hydroxylation is 3. The van der Waals surface area contributed by atoms with Crippen molar-refractivity contribution in [3.63, 3.8) is 0 Å². The molecular weight excluding hydrogens is 1260 g/mol. The van der Waals surface area contributed by atoms with E-state index in [1.807, 2.05) is 42.6 Å². The number of halogens is 12. The number of fused-ring (bicyclic) bond motifs is 4. The maximum absolute atomic E-state index is 10.7. The van der Waals surface area contributed by atoms with Crippen LogP contribution < -0.4 is 23.3 Å². The van der Waals surface area contributed by atoms with Crippen LogP contribution in [0, 0.1) is 0 Å². The summed E-state index contributed by atoms with van der Waals surface area (Å²) in [6, 6.07) is 59.0. The molecule has 490 valence electrons. The van der Waals surface area contributed by atoms with Crippen LogP contribution in [0.4, 0.5) is 50.4 Å². The van der Waals surface area contributed by atoms with Gasteiger partial charge >= 0.3 is 66.0 Å². The third-order valence-electron chi connectivity index (χ3n) is 13.6. The van der Waals surface area contributed by atoms with E-state index in [0.29, 0.717) is 92.4 Å². The second-order valence-corrected chi connectivity index (χ2v) is 24.5. The van der Waals surface area contributed by atoms with Gasteiger partial charge in [0.2, 0.25) is 22.1 Å². The summed E-state index contributed by atoms with van der Waals surface area (Å²) in [7, 11) is -17.1. The number of nitrogens with zero attached hydrogens (tertiary/aromatic N) is 5. The number of hydrogen-bond acceptors (Lipinski definition) is 10. The topological polar surface area (TPSA) is 112 Å². The molecule has 3 heterocycles. The van der Waals surface area contributed by atoms with Crippen LogP contribution in [0.2, 0.25) is 0 Å². The predicted octanol–water partition coefficient (Wildman–Crippen LogP) is 17.4. The number of hydrogen-bond donors (Lipinski definition) is 0. The van der Waals surface area contributed by atoms with Gasteiger partial charge in [0.15, 0.2) is 0 Å². The fourth-order valence-electron chi connectivity index (χ4n) is 9.78. The fraction of sp³-hybridized carbons (Fsp3) is 0.281. The van der Waals surface area contributed by atoms with Gasteiger partial charge in [0, 0.05) is 42.0 Å². The maximum atomic E-state index is 9.87. The average Bonchev–Trinajstić information content (AvgIpc) is 1.04. The van der Waals surface area contributed by atoms with Gasteiger partial charge in [-0.1, -0.05) is 90.1 Å². The second-order valence-electron chi connectivity index (χ2n) is 20.7. The molecule has 91 heavy (non-hydrogen) atoms. The van der Waals surface area contributed by atoms with Gasteiger partial charge in [-0.2, -0.15) is 9.13 Å². The molecule has 0 unspecified atom stereocenters. The summed E-state index contributed by atoms with van der Waals surface area (Å²) < 4.78 is 171. The van der Waals surface area contributed by atoms with Gasteiger partial charge in [0.05, 0.1) is 93.7 Å². The minimum atomic E-state index is -10.7. The zero-order valence-electron chi connectivity index (χ0n) is 49.5. The summed E-state index contributed by atoms with van der Waals surface area (Å²) in [5.41, 5.74) is 11.5. The van der Waals surface area contributed by atoms with Crippen LogP contribution in [0.15, 0.2) is 176 Å². The van der Waals surface area contributed by atoms with E-state index in [-0.39, 0.29) is 0 Å². The standard InChI is InChI=1S/C64H67N5O8.2F6P/c1-67-59-17-7-3-13-55(59)63(56-14-4-8-18-60(56)67)49-23-29-52(30-24-49)75-44-42-73-39-37-71-35-33-69-46-51(65-66-69)47-77-54-27-21-48(22-28-54)12-11-34-70-36-38-72-40-41-74-43-45-76-53-31-25-50(26-32-53)64-57-15-5-9-19-61(57)68(2)62-20-10-6-16-58(62)64;2*1-7(2,3,4,5)6/h3-10,13-32,46H,11-12,33-45,47H2,1-2H3;;/q+2;2*-1. The van der Waals surface area contributed by atoms with Gasteiger partial charge in [0.1, 0.15) is 56.9 Å². The molecule has 10 aromatic rings. The molecule has 0 atom stereocenters. The van der Waals surface area contributed by atoms with Crippen molar-refractivity contribution in [3.05, 3.63) is 187 Å². The van der Waals surface area contributed by atoms with Crippen molar-refractivity contribution < 1.29 is 97.4 Å². The average molecular weight is 1320 g/mol. The second kappa shape index (κ2) is 28.8. The van der Waals surface area contributed by atoms with E-state index in [1.54, 1.807) is 4.68 Å². The zero-order valence-corrected chi connectivity index (χ0v) is 51.3. The number of rotatable bonds is 29. The SMILES string of the molecule is C[n+]1c2ccccc2c(-c2ccc(OCCOCCOCCOCCCc3ccc(OCc4cn(CCOCCOCCOc5ccc(-c6c7ccccc7[n+](C)c7ccccc67)cc5)nn4)cc3)cc2)c2ccccc21.F[P-](F)(F)(F)(F)F.F[P-](F)(F)(F)(F)F. The number of benzene rings is 7. The molecule has 13 nitrogen and oxygen atoms in total. The first-order valence-corrected chi connectivity index (χ1v) is 32.7. The van der Waals surface area contributed by atoms with Gasteiger partial charge in [-0.25, -0.2) is 4.68 Å². The first-order chi connectivity index (χ1) is 43.0. The van der Waals surface area contributed by atoms with Crippen molar-refractivity contribution in [2.45, 2.75) is 26.0 Å². The Hall–Kier alpha value is -7.76. The summed E-state index contributed by atoms with van der Waals surface area (Å²) in [4.78, 5) is 0. The molecule has 0 aliphatic rings. The summed E-state index contributed by atoms with van der Waals surface area (Å²) in [6.07, 6.45) is 3.72. The number of para-hydroxylation sites is 4. The zero-order chi connectivity index (χ0) is 65.3. The van der Waals surface area contributed by atoms with Crippen molar-refractivity contribution in [3.8, 4) is 39.5 Å². The molecule has 10 rings (SSSR count). The summed E-state index contributed by atoms with van der Waals surface area (Å²) in [6.45, 7) is 7.00. The van der Waals surface area contributed by atoms with E-state index >= 15 is 0 Å². The molecule has 0 fully saturated rings. The number of pyridine rings is 2. The Morgan fingerprint density at radius 2 is 0.692 bits per heavy atom. The first kappa shape index (κ1) is 69.1. The normalized spacial score (nSPS) is 13.3. The van der Waals surface area contributed by atoms with Gasteiger partial charge in [-0.15, -0.1) is 5.10 Å². The molecule has 0 radical (unpaired) electrons. The van der Waals surface area contributed by atoms with Crippen LogP contribution in [0.3, 0.4) is 0 Å². The molecule has 3 aromatic heterocycles. The minimum absolute atomic E-state index is 0.331. The van der Waals surface area contributed by atoms with Crippen molar-refractivity contribution in [2.75, 3.05) is 79.3 Å². The Bertz CT molecular complexity index is 3840. The van der Waals surface area contributed by atoms with Crippen LogP contribution >= 0.6 is 15.6 Å². The quantitative estimate of drug-likeness (QED) is 0.0148. The summed E-state index contributed by atoms with van der Waals surface area (Å²) in [5, 5.41) is 13.4. The Balaban J connectivity index is 0.000000684. The van der Waals surface area contributed by atoms with Crippen molar-refractivity contribution >= 4 is 59.2 Å². The van der Waals surface area contributed by atoms with E-state index in [1.165, 1.54) is 60.3 Å². The van der Waals surface area contributed by atoms with Crippen LogP contribution in [0.1, 0.15) is 17.7 Å². The van der Waals surface area contributed by atoms with Gasteiger partial charge < -0.3 is 37.9 Å². The molecule has 0 aliphatic carbocycles. The van der Waals surface area contributed by atoms with E-state index in [0.717, 1.165) is 46.9 Å². The molecule has 0 saturated heterocycles. The number of aromatic nitrogens is 5. The monoisotopic (exact) mass is 1320 g/mol. The van der Waals surface area contributed by atoms with Crippen molar-refractivity contribution in [1.29, 1.82) is 0 Å². The van der Waals surface area contributed by atoms with Crippen LogP contribution in [-0.2, 0) is 57.4 Å². The third-order valence-corrected chi connectivity index (χ3v) is 13.6. The van der Waals surface area contributed by atoms with Crippen LogP contribution in [0.25, 0.3) is 65.9 Å². The number of ether oxygens (including phenoxy) is 8. The Morgan fingerprint density at radius 3 is 1.08 bits per heavy atom. The van der Waals surface area contributed by atoms with E-state index < -0.39 is 15.6 Å². The summed E-state index contributed by atoms with van der Waals surface area (Å²) >= 11 is 0. The van der Waals surface area contributed by atoms with E-state index in [9.17, 15) is 50.4 Å². The molecule has 0 N–H and O–H groups in total. The Morgan fingerprint density at radius 1 is 0.374 bits per heavy atom. The molecule has 0 amide bonds. The van der Waals surface area contributed by atoms with E-state index in [2.05, 4.69) is 167 Å². The third kappa shape index (κ3) is 24.1. The summed E-state index contributed by atoms with van der Waals surface area (Å²) in [5.74, 6) is 2.41. The van der Waals surface area contributed by atoms with Crippen LogP contribution in [-0.4, -0.2) is 94.3 Å². The fourth-order valence-corrected chi connectivity index (χ4v) is 9.78. The van der Waals surface area contributed by atoms with Gasteiger partial charge in [-0.3, -0.25) is 0 Å². The van der Waals surface area contributed by atoms with Gasteiger partial charge in [0.25, 0.3) is 0 Å².